The zero-order valence-corrected chi connectivity index (χ0v) is 11.9. The van der Waals surface area contributed by atoms with Gasteiger partial charge in [0.2, 0.25) is 0 Å². The number of rotatable bonds is 4. The molecule has 100 valence electrons. The van der Waals surface area contributed by atoms with Crippen LogP contribution in [-0.4, -0.2) is 28.5 Å². The van der Waals surface area contributed by atoms with Gasteiger partial charge in [0.15, 0.2) is 5.71 Å². The molecule has 6 heteroatoms. The molecule has 2 N–H and O–H groups in total. The zero-order chi connectivity index (χ0) is 13.8. The molecule has 0 radical (unpaired) electrons. The largest absolute Gasteiger partial charge is 0.461 e. The minimum absolute atomic E-state index is 0.00864. The van der Waals surface area contributed by atoms with Crippen molar-refractivity contribution in [1.82, 2.24) is 4.98 Å². The van der Waals surface area contributed by atoms with Gasteiger partial charge in [-0.25, -0.2) is 4.79 Å². The number of hydrogen-bond acceptors (Lipinski definition) is 4. The molecular weight excluding hydrogens is 312 g/mol. The number of carbonyl (C=O) groups excluding carboxylic acids is 1. The summed E-state index contributed by atoms with van der Waals surface area (Å²) in [6.45, 7) is 1.95. The summed E-state index contributed by atoms with van der Waals surface area (Å²) in [6, 6.07) is 5.80. The van der Waals surface area contributed by atoms with Gasteiger partial charge in [0.25, 0.3) is 0 Å². The number of nitrogens with one attached hydrogen (secondary N) is 1. The minimum atomic E-state index is -0.600. The molecule has 2 aromatic rings. The van der Waals surface area contributed by atoms with E-state index in [4.69, 9.17) is 9.94 Å². The number of H-pyrrole nitrogens is 1. The molecule has 0 fully saturated rings. The van der Waals surface area contributed by atoms with E-state index >= 15 is 0 Å². The van der Waals surface area contributed by atoms with Crippen molar-refractivity contribution in [3.05, 3.63) is 34.4 Å². The number of aromatic nitrogens is 1. The predicted molar refractivity (Wildman–Crippen MR) is 75.6 cm³/mol. The summed E-state index contributed by atoms with van der Waals surface area (Å²) in [5.41, 5.74) is 1.82. The predicted octanol–water partition coefficient (Wildman–Crippen LogP) is 2.87. The molecule has 0 saturated heterocycles. The molecule has 5 nitrogen and oxygen atoms in total. The van der Waals surface area contributed by atoms with E-state index in [1.165, 1.54) is 0 Å². The highest BCUT2D eigenvalue weighted by molar-refractivity contribution is 9.10. The maximum atomic E-state index is 11.6. The molecule has 1 heterocycles. The van der Waals surface area contributed by atoms with Crippen molar-refractivity contribution in [1.29, 1.82) is 0 Å². The summed E-state index contributed by atoms with van der Waals surface area (Å²) >= 11 is 3.39. The van der Waals surface area contributed by atoms with Gasteiger partial charge in [-0.05, 0) is 24.6 Å². The first-order chi connectivity index (χ1) is 9.15. The Morgan fingerprint density at radius 3 is 3.00 bits per heavy atom. The standard InChI is InChI=1S/C13H13BrN2O3/c1-2-19-13(17)12(16-18)5-8-7-15-11-6-9(14)3-4-10(8)11/h3-4,6-7,15,18H,2,5H2,1H3/b16-12-. The number of oxime groups is 1. The lowest BCUT2D eigenvalue weighted by molar-refractivity contribution is -0.135. The lowest BCUT2D eigenvalue weighted by Crippen LogP contribution is -2.19. The first kappa shape index (κ1) is 13.6. The average molecular weight is 325 g/mol. The van der Waals surface area contributed by atoms with Crippen molar-refractivity contribution < 1.29 is 14.7 Å². The number of ether oxygens (including phenoxy) is 1. The van der Waals surface area contributed by atoms with Gasteiger partial charge in [-0.1, -0.05) is 27.2 Å². The van der Waals surface area contributed by atoms with Crippen LogP contribution in [0.1, 0.15) is 12.5 Å². The Morgan fingerprint density at radius 1 is 1.53 bits per heavy atom. The third-order valence-corrected chi connectivity index (χ3v) is 3.21. The second-order valence-electron chi connectivity index (χ2n) is 3.95. The van der Waals surface area contributed by atoms with Crippen molar-refractivity contribution in [2.75, 3.05) is 6.61 Å². The maximum Gasteiger partial charge on any atom is 0.356 e. The highest BCUT2D eigenvalue weighted by Crippen LogP contribution is 2.23. The Morgan fingerprint density at radius 2 is 2.32 bits per heavy atom. The smallest absolute Gasteiger partial charge is 0.356 e. The van der Waals surface area contributed by atoms with Crippen molar-refractivity contribution in [3.63, 3.8) is 0 Å². The number of benzene rings is 1. The van der Waals surface area contributed by atoms with Gasteiger partial charge in [0.05, 0.1) is 6.61 Å². The number of nitrogens with zero attached hydrogens (tertiary/aromatic N) is 1. The molecule has 0 aliphatic heterocycles. The van der Waals surface area contributed by atoms with Crippen LogP contribution in [0.25, 0.3) is 10.9 Å². The van der Waals surface area contributed by atoms with Crippen molar-refractivity contribution in [3.8, 4) is 0 Å². The van der Waals surface area contributed by atoms with E-state index in [2.05, 4.69) is 26.1 Å². The number of halogens is 1. The Hall–Kier alpha value is -1.82. The zero-order valence-electron chi connectivity index (χ0n) is 10.3. The monoisotopic (exact) mass is 324 g/mol. The third kappa shape index (κ3) is 2.96. The molecule has 19 heavy (non-hydrogen) atoms. The van der Waals surface area contributed by atoms with Crippen LogP contribution in [0.3, 0.4) is 0 Å². The van der Waals surface area contributed by atoms with Crippen LogP contribution >= 0.6 is 15.9 Å². The molecule has 2 rings (SSSR count). The van der Waals surface area contributed by atoms with E-state index < -0.39 is 5.97 Å². The Balaban J connectivity index is 2.28. The second-order valence-corrected chi connectivity index (χ2v) is 4.86. The fourth-order valence-electron chi connectivity index (χ4n) is 1.85. The fourth-order valence-corrected chi connectivity index (χ4v) is 2.21. The first-order valence-electron chi connectivity index (χ1n) is 5.79. The number of carbonyl (C=O) groups is 1. The van der Waals surface area contributed by atoms with E-state index in [-0.39, 0.29) is 18.7 Å². The Kier molecular flexibility index (Phi) is 4.21. The minimum Gasteiger partial charge on any atom is -0.461 e. The van der Waals surface area contributed by atoms with E-state index in [1.807, 2.05) is 18.2 Å². The molecule has 0 aliphatic carbocycles. The van der Waals surface area contributed by atoms with Gasteiger partial charge in [-0.15, -0.1) is 0 Å². The number of esters is 1. The van der Waals surface area contributed by atoms with E-state index in [1.54, 1.807) is 13.1 Å². The van der Waals surface area contributed by atoms with Crippen LogP contribution in [0, 0.1) is 0 Å². The molecule has 0 aliphatic rings. The SMILES string of the molecule is CCOC(=O)/C(Cc1c[nH]c2cc(Br)ccc12)=N\O. The number of hydrogen-bond donors (Lipinski definition) is 2. The lowest BCUT2D eigenvalue weighted by atomic mass is 10.1. The average Bonchev–Trinajstić information content (AvgIpc) is 2.78. The van der Waals surface area contributed by atoms with Gasteiger partial charge < -0.3 is 14.9 Å². The van der Waals surface area contributed by atoms with Crippen molar-refractivity contribution in [2.24, 2.45) is 5.16 Å². The molecule has 0 saturated carbocycles. The van der Waals surface area contributed by atoms with Crippen molar-refractivity contribution >= 4 is 38.5 Å². The summed E-state index contributed by atoms with van der Waals surface area (Å²) in [7, 11) is 0. The van der Waals surface area contributed by atoms with Crippen LogP contribution in [0.2, 0.25) is 0 Å². The molecule has 0 bridgehead atoms. The van der Waals surface area contributed by atoms with E-state index in [9.17, 15) is 4.79 Å². The van der Waals surface area contributed by atoms with Gasteiger partial charge >= 0.3 is 5.97 Å². The molecule has 0 spiro atoms. The molecular formula is C13H13BrN2O3. The number of aromatic amines is 1. The molecule has 0 amide bonds. The van der Waals surface area contributed by atoms with Gasteiger partial charge in [0, 0.05) is 28.0 Å². The van der Waals surface area contributed by atoms with Crippen LogP contribution in [0.15, 0.2) is 34.0 Å². The number of fused-ring (bicyclic) bond motifs is 1. The van der Waals surface area contributed by atoms with E-state index in [0.717, 1.165) is 20.9 Å². The third-order valence-electron chi connectivity index (χ3n) is 2.72. The normalized spacial score (nSPS) is 11.8. The maximum absolute atomic E-state index is 11.6. The highest BCUT2D eigenvalue weighted by atomic mass is 79.9. The van der Waals surface area contributed by atoms with E-state index in [0.29, 0.717) is 0 Å². The molecule has 0 atom stereocenters. The summed E-state index contributed by atoms with van der Waals surface area (Å²) < 4.78 is 5.79. The fraction of sp³-hybridized carbons (Fsp3) is 0.231. The lowest BCUT2D eigenvalue weighted by Gasteiger charge is -2.03. The molecule has 0 unspecified atom stereocenters. The van der Waals surface area contributed by atoms with Crippen LogP contribution in [-0.2, 0) is 16.0 Å². The van der Waals surface area contributed by atoms with Gasteiger partial charge in [-0.3, -0.25) is 0 Å². The molecule has 1 aromatic heterocycles. The first-order valence-corrected chi connectivity index (χ1v) is 6.58. The summed E-state index contributed by atoms with van der Waals surface area (Å²) in [5.74, 6) is -0.600. The topological polar surface area (TPSA) is 74.7 Å². The Labute approximate surface area is 118 Å². The van der Waals surface area contributed by atoms with Crippen LogP contribution in [0.4, 0.5) is 0 Å². The molecule has 1 aromatic carbocycles. The van der Waals surface area contributed by atoms with Crippen LogP contribution in [0.5, 0.6) is 0 Å². The van der Waals surface area contributed by atoms with Crippen molar-refractivity contribution in [2.45, 2.75) is 13.3 Å². The van der Waals surface area contributed by atoms with Gasteiger partial charge in [-0.2, -0.15) is 0 Å². The highest BCUT2D eigenvalue weighted by Gasteiger charge is 2.16. The summed E-state index contributed by atoms with van der Waals surface area (Å²) in [4.78, 5) is 14.7. The summed E-state index contributed by atoms with van der Waals surface area (Å²) in [6.07, 6.45) is 2.01. The quantitative estimate of drug-likeness (QED) is 0.393. The van der Waals surface area contributed by atoms with Crippen LogP contribution < -0.4 is 0 Å². The Bertz CT molecular complexity index is 634. The summed E-state index contributed by atoms with van der Waals surface area (Å²) in [5, 5.41) is 12.9. The second kappa shape index (κ2) is 5.88. The van der Waals surface area contributed by atoms with Gasteiger partial charge in [0.1, 0.15) is 0 Å².